The molecule has 1 amide bonds. The molecule has 2 aliphatic rings. The molecule has 0 spiro atoms. The molecule has 1 unspecified atom stereocenters. The molecule has 1 aliphatic carbocycles. The van der Waals surface area contributed by atoms with Gasteiger partial charge in [-0.2, -0.15) is 0 Å². The molecular formula is C28H30F2N2OS. The summed E-state index contributed by atoms with van der Waals surface area (Å²) >= 11 is 1.76. The molecule has 178 valence electrons. The minimum Gasteiger partial charge on any atom is -0.342 e. The maximum Gasteiger partial charge on any atom is 0.227 e. The number of piperidine rings is 1. The molecule has 6 heteroatoms. The number of aryl methyl sites for hydroxylation is 2. The van der Waals surface area contributed by atoms with Crippen LogP contribution >= 0.6 is 11.3 Å². The molecule has 0 saturated carbocycles. The van der Waals surface area contributed by atoms with Crippen molar-refractivity contribution in [1.82, 2.24) is 9.88 Å². The highest BCUT2D eigenvalue weighted by atomic mass is 32.1. The summed E-state index contributed by atoms with van der Waals surface area (Å²) in [4.78, 5) is 21.1. The average molecular weight is 481 g/mol. The second-order valence-electron chi connectivity index (χ2n) is 9.86. The first kappa shape index (κ1) is 23.2. The maximum atomic E-state index is 14.0. The van der Waals surface area contributed by atoms with Crippen molar-refractivity contribution in [3.8, 4) is 0 Å². The maximum absolute atomic E-state index is 14.0. The molecule has 34 heavy (non-hydrogen) atoms. The molecule has 0 N–H and O–H groups in total. The van der Waals surface area contributed by atoms with E-state index in [9.17, 15) is 13.6 Å². The highest BCUT2D eigenvalue weighted by Gasteiger charge is 2.31. The number of likely N-dealkylation sites (tertiary alicyclic amines) is 1. The Balaban J connectivity index is 1.16. The summed E-state index contributed by atoms with van der Waals surface area (Å²) in [5.41, 5.74) is 4.77. The molecule has 2 aromatic carbocycles. The Morgan fingerprint density at radius 1 is 1.09 bits per heavy atom. The standard InChI is InChI=1S/C28H30F2N2OS/c1-17-6-7-18(2)21(12-17)16-27(33)32-10-8-20(9-11-32)28-31-25-14-19(15-26(25)34-28)13-22-23(29)4-3-5-24(22)30/h3-7,12,19-20H,8-11,13-16H2,1-2H3. The van der Waals surface area contributed by atoms with E-state index in [-0.39, 0.29) is 17.4 Å². The third-order valence-electron chi connectivity index (χ3n) is 7.35. The fourth-order valence-corrected chi connectivity index (χ4v) is 6.68. The van der Waals surface area contributed by atoms with Crippen molar-refractivity contribution in [2.45, 2.75) is 58.3 Å². The van der Waals surface area contributed by atoms with E-state index in [4.69, 9.17) is 4.98 Å². The molecule has 1 saturated heterocycles. The van der Waals surface area contributed by atoms with Crippen LogP contribution in [0.25, 0.3) is 0 Å². The third kappa shape index (κ3) is 4.78. The predicted octanol–water partition coefficient (Wildman–Crippen LogP) is 5.94. The van der Waals surface area contributed by atoms with Crippen molar-refractivity contribution in [1.29, 1.82) is 0 Å². The van der Waals surface area contributed by atoms with E-state index in [1.54, 1.807) is 11.3 Å². The van der Waals surface area contributed by atoms with Crippen LogP contribution in [0.5, 0.6) is 0 Å². The van der Waals surface area contributed by atoms with Gasteiger partial charge in [0.1, 0.15) is 11.6 Å². The van der Waals surface area contributed by atoms with Gasteiger partial charge in [-0.3, -0.25) is 4.79 Å². The highest BCUT2D eigenvalue weighted by molar-refractivity contribution is 7.11. The van der Waals surface area contributed by atoms with Crippen LogP contribution in [0.4, 0.5) is 8.78 Å². The summed E-state index contributed by atoms with van der Waals surface area (Å²) in [5.74, 6) is -0.107. The molecule has 0 radical (unpaired) electrons. The number of amides is 1. The second kappa shape index (κ2) is 9.57. The first-order valence-electron chi connectivity index (χ1n) is 12.1. The van der Waals surface area contributed by atoms with E-state index < -0.39 is 11.6 Å². The molecule has 3 aromatic rings. The Morgan fingerprint density at radius 2 is 1.82 bits per heavy atom. The van der Waals surface area contributed by atoms with Gasteiger partial charge in [0, 0.05) is 29.4 Å². The van der Waals surface area contributed by atoms with Crippen LogP contribution in [0, 0.1) is 31.4 Å². The van der Waals surface area contributed by atoms with Gasteiger partial charge in [-0.05, 0) is 75.1 Å². The molecular weight excluding hydrogens is 450 g/mol. The van der Waals surface area contributed by atoms with Gasteiger partial charge in [0.15, 0.2) is 0 Å². The van der Waals surface area contributed by atoms with Crippen molar-refractivity contribution >= 4 is 17.2 Å². The van der Waals surface area contributed by atoms with Crippen molar-refractivity contribution < 1.29 is 13.6 Å². The lowest BCUT2D eigenvalue weighted by Crippen LogP contribution is -2.38. The fourth-order valence-electron chi connectivity index (χ4n) is 5.31. The Bertz CT molecular complexity index is 1170. The lowest BCUT2D eigenvalue weighted by atomic mass is 9.96. The molecule has 0 bridgehead atoms. The number of hydrogen-bond acceptors (Lipinski definition) is 3. The van der Waals surface area contributed by atoms with Crippen molar-refractivity contribution in [3.63, 3.8) is 0 Å². The van der Waals surface area contributed by atoms with E-state index in [1.807, 2.05) is 4.90 Å². The van der Waals surface area contributed by atoms with Crippen LogP contribution in [0.15, 0.2) is 36.4 Å². The fraction of sp³-hybridized carbons (Fsp3) is 0.429. The van der Waals surface area contributed by atoms with Crippen molar-refractivity contribution in [2.24, 2.45) is 5.92 Å². The topological polar surface area (TPSA) is 33.2 Å². The van der Waals surface area contributed by atoms with Gasteiger partial charge < -0.3 is 4.90 Å². The van der Waals surface area contributed by atoms with Gasteiger partial charge in [0.05, 0.1) is 17.1 Å². The Hall–Kier alpha value is -2.60. The van der Waals surface area contributed by atoms with Gasteiger partial charge in [0.25, 0.3) is 0 Å². The monoisotopic (exact) mass is 480 g/mol. The van der Waals surface area contributed by atoms with E-state index in [1.165, 1.54) is 39.2 Å². The molecule has 1 atom stereocenters. The molecule has 1 aliphatic heterocycles. The Labute approximate surface area is 203 Å². The van der Waals surface area contributed by atoms with Gasteiger partial charge in [-0.15, -0.1) is 11.3 Å². The smallest absolute Gasteiger partial charge is 0.227 e. The van der Waals surface area contributed by atoms with Gasteiger partial charge in [0.2, 0.25) is 5.91 Å². The number of hydrogen-bond donors (Lipinski definition) is 0. The lowest BCUT2D eigenvalue weighted by Gasteiger charge is -2.31. The predicted molar refractivity (Wildman–Crippen MR) is 131 cm³/mol. The van der Waals surface area contributed by atoms with Gasteiger partial charge in [-0.25, -0.2) is 13.8 Å². The first-order valence-corrected chi connectivity index (χ1v) is 12.9. The van der Waals surface area contributed by atoms with Crippen molar-refractivity contribution in [2.75, 3.05) is 13.1 Å². The quantitative estimate of drug-likeness (QED) is 0.453. The van der Waals surface area contributed by atoms with E-state index in [0.717, 1.165) is 50.0 Å². The largest absolute Gasteiger partial charge is 0.342 e. The number of rotatable bonds is 5. The highest BCUT2D eigenvalue weighted by Crippen LogP contribution is 2.39. The van der Waals surface area contributed by atoms with Gasteiger partial charge >= 0.3 is 0 Å². The number of nitrogens with zero attached hydrogens (tertiary/aromatic N) is 2. The minimum absolute atomic E-state index is 0.195. The number of thiazole rings is 1. The summed E-state index contributed by atoms with van der Waals surface area (Å²) in [6.45, 7) is 5.67. The summed E-state index contributed by atoms with van der Waals surface area (Å²) in [6.07, 6.45) is 4.38. The first-order chi connectivity index (χ1) is 16.4. The number of fused-ring (bicyclic) bond motifs is 1. The molecule has 2 heterocycles. The molecule has 1 fully saturated rings. The number of halogens is 2. The van der Waals surface area contributed by atoms with Crippen LogP contribution in [-0.4, -0.2) is 28.9 Å². The van der Waals surface area contributed by atoms with E-state index in [0.29, 0.717) is 18.8 Å². The summed E-state index contributed by atoms with van der Waals surface area (Å²) in [5, 5.41) is 1.17. The summed E-state index contributed by atoms with van der Waals surface area (Å²) < 4.78 is 28.1. The zero-order chi connectivity index (χ0) is 23.8. The van der Waals surface area contributed by atoms with Crippen LogP contribution in [-0.2, 0) is 30.5 Å². The Kier molecular flexibility index (Phi) is 6.52. The summed E-state index contributed by atoms with van der Waals surface area (Å²) in [7, 11) is 0. The molecule has 3 nitrogen and oxygen atoms in total. The van der Waals surface area contributed by atoms with E-state index >= 15 is 0 Å². The second-order valence-corrected chi connectivity index (χ2v) is 11.0. The van der Waals surface area contributed by atoms with Crippen LogP contribution in [0.1, 0.15) is 56.6 Å². The zero-order valence-electron chi connectivity index (χ0n) is 19.7. The van der Waals surface area contributed by atoms with Crippen molar-refractivity contribution in [3.05, 3.63) is 85.9 Å². The average Bonchev–Trinajstić information content (AvgIpc) is 3.38. The van der Waals surface area contributed by atoms with Crippen LogP contribution in [0.3, 0.4) is 0 Å². The van der Waals surface area contributed by atoms with Gasteiger partial charge in [-0.1, -0.05) is 29.8 Å². The van der Waals surface area contributed by atoms with E-state index in [2.05, 4.69) is 32.0 Å². The van der Waals surface area contributed by atoms with Crippen LogP contribution < -0.4 is 0 Å². The number of benzene rings is 2. The Morgan fingerprint density at radius 3 is 2.53 bits per heavy atom. The number of aromatic nitrogens is 1. The van der Waals surface area contributed by atoms with Crippen LogP contribution in [0.2, 0.25) is 0 Å². The normalized spacial score (nSPS) is 18.4. The molecule has 5 rings (SSSR count). The number of carbonyl (C=O) groups excluding carboxylic acids is 1. The number of carbonyl (C=O) groups is 1. The zero-order valence-corrected chi connectivity index (χ0v) is 20.6. The summed E-state index contributed by atoms with van der Waals surface area (Å²) in [6, 6.07) is 10.4. The molecule has 1 aromatic heterocycles. The SMILES string of the molecule is Cc1ccc(C)c(CC(=O)N2CCC(c3nc4c(s3)CC(Cc3c(F)cccc3F)C4)CC2)c1. The minimum atomic E-state index is -0.456. The third-order valence-corrected chi connectivity index (χ3v) is 8.63. The lowest BCUT2D eigenvalue weighted by molar-refractivity contribution is -0.131.